The lowest BCUT2D eigenvalue weighted by Gasteiger charge is -2.28. The molecule has 7 heteroatoms. The predicted octanol–water partition coefficient (Wildman–Crippen LogP) is 2.22. The van der Waals surface area contributed by atoms with E-state index in [9.17, 15) is 9.18 Å². The van der Waals surface area contributed by atoms with E-state index in [1.54, 1.807) is 0 Å². The lowest BCUT2D eigenvalue weighted by Crippen LogP contribution is -2.55. The number of amides is 1. The van der Waals surface area contributed by atoms with Gasteiger partial charge in [-0.15, -0.1) is 0 Å². The van der Waals surface area contributed by atoms with Crippen LogP contribution in [0.4, 0.5) is 4.39 Å². The van der Waals surface area contributed by atoms with Gasteiger partial charge in [-0.1, -0.05) is 18.0 Å². The highest BCUT2D eigenvalue weighted by Gasteiger charge is 2.40. The number of hydrogen-bond donors (Lipinski definition) is 3. The van der Waals surface area contributed by atoms with E-state index in [2.05, 4.69) is 10.5 Å². The summed E-state index contributed by atoms with van der Waals surface area (Å²) in [7, 11) is 0. The van der Waals surface area contributed by atoms with Crippen LogP contribution in [0.2, 0.25) is 0 Å². The van der Waals surface area contributed by atoms with Crippen molar-refractivity contribution in [2.75, 3.05) is 0 Å². The SMILES string of the molecule is N/C(=N/O)C1(NC(=O)c2ccc(F)cc2I)CCCC1. The van der Waals surface area contributed by atoms with Crippen molar-refractivity contribution in [2.24, 2.45) is 10.9 Å². The number of hydrogen-bond acceptors (Lipinski definition) is 3. The van der Waals surface area contributed by atoms with E-state index >= 15 is 0 Å². The molecule has 1 aromatic carbocycles. The van der Waals surface area contributed by atoms with Crippen LogP contribution in [0, 0.1) is 9.39 Å². The van der Waals surface area contributed by atoms with Crippen LogP contribution in [0.5, 0.6) is 0 Å². The Morgan fingerprint density at radius 2 is 2.10 bits per heavy atom. The quantitative estimate of drug-likeness (QED) is 0.243. The van der Waals surface area contributed by atoms with Crippen molar-refractivity contribution >= 4 is 34.3 Å². The number of oxime groups is 1. The fraction of sp³-hybridized carbons (Fsp3) is 0.385. The van der Waals surface area contributed by atoms with Crippen LogP contribution in [0.25, 0.3) is 0 Å². The molecule has 0 unspecified atom stereocenters. The van der Waals surface area contributed by atoms with Crippen molar-refractivity contribution in [1.82, 2.24) is 5.32 Å². The predicted molar refractivity (Wildman–Crippen MR) is 81.2 cm³/mol. The second kappa shape index (κ2) is 5.94. The average Bonchev–Trinajstić information content (AvgIpc) is 2.87. The molecule has 0 aliphatic heterocycles. The summed E-state index contributed by atoms with van der Waals surface area (Å²) in [6, 6.07) is 3.96. The first-order valence-corrected chi connectivity index (χ1v) is 7.32. The van der Waals surface area contributed by atoms with Crippen LogP contribution in [-0.2, 0) is 0 Å². The summed E-state index contributed by atoms with van der Waals surface area (Å²) in [6.07, 6.45) is 3.06. The zero-order valence-electron chi connectivity index (χ0n) is 10.7. The molecule has 1 aromatic rings. The van der Waals surface area contributed by atoms with Gasteiger partial charge in [-0.3, -0.25) is 4.79 Å². The van der Waals surface area contributed by atoms with E-state index < -0.39 is 11.4 Å². The van der Waals surface area contributed by atoms with Crippen LogP contribution in [0.3, 0.4) is 0 Å². The molecule has 0 bridgehead atoms. The molecule has 0 heterocycles. The minimum Gasteiger partial charge on any atom is -0.409 e. The highest BCUT2D eigenvalue weighted by atomic mass is 127. The molecule has 2 rings (SSSR count). The van der Waals surface area contributed by atoms with Crippen LogP contribution >= 0.6 is 22.6 Å². The van der Waals surface area contributed by atoms with Crippen LogP contribution in [0.15, 0.2) is 23.4 Å². The lowest BCUT2D eigenvalue weighted by atomic mass is 9.95. The number of benzene rings is 1. The summed E-state index contributed by atoms with van der Waals surface area (Å²) in [5.41, 5.74) is 5.30. The molecule has 5 nitrogen and oxygen atoms in total. The summed E-state index contributed by atoms with van der Waals surface area (Å²) in [5, 5.41) is 14.8. The normalized spacial score (nSPS) is 18.0. The molecule has 0 aromatic heterocycles. The Hall–Kier alpha value is -1.38. The molecule has 0 saturated heterocycles. The van der Waals surface area contributed by atoms with Gasteiger partial charge in [0, 0.05) is 3.57 Å². The fourth-order valence-electron chi connectivity index (χ4n) is 2.48. The van der Waals surface area contributed by atoms with Gasteiger partial charge in [0.15, 0.2) is 5.84 Å². The summed E-state index contributed by atoms with van der Waals surface area (Å²) < 4.78 is 13.6. The Morgan fingerprint density at radius 3 is 2.65 bits per heavy atom. The van der Waals surface area contributed by atoms with Gasteiger partial charge in [0.2, 0.25) is 0 Å². The van der Waals surface area contributed by atoms with Crippen LogP contribution < -0.4 is 11.1 Å². The molecule has 1 aliphatic rings. The van der Waals surface area contributed by atoms with Gasteiger partial charge in [0.1, 0.15) is 11.4 Å². The van der Waals surface area contributed by atoms with E-state index in [0.29, 0.717) is 22.0 Å². The van der Waals surface area contributed by atoms with E-state index in [1.807, 2.05) is 22.6 Å². The van der Waals surface area contributed by atoms with Gasteiger partial charge in [0.05, 0.1) is 5.56 Å². The number of nitrogens with one attached hydrogen (secondary N) is 1. The van der Waals surface area contributed by atoms with Gasteiger partial charge >= 0.3 is 0 Å². The molecule has 108 valence electrons. The Labute approximate surface area is 129 Å². The van der Waals surface area contributed by atoms with Crippen LogP contribution in [-0.4, -0.2) is 22.5 Å². The number of nitrogens with two attached hydrogens (primary N) is 1. The first-order valence-electron chi connectivity index (χ1n) is 6.24. The third-order valence-corrected chi connectivity index (χ3v) is 4.48. The van der Waals surface area contributed by atoms with E-state index in [4.69, 9.17) is 10.9 Å². The van der Waals surface area contributed by atoms with Gasteiger partial charge in [-0.05, 0) is 53.6 Å². The molecule has 4 N–H and O–H groups in total. The summed E-state index contributed by atoms with van der Waals surface area (Å²) in [5.74, 6) is -0.721. The number of rotatable bonds is 3. The summed E-state index contributed by atoms with van der Waals surface area (Å²) in [4.78, 5) is 12.3. The van der Waals surface area contributed by atoms with Gasteiger partial charge in [-0.25, -0.2) is 4.39 Å². The first kappa shape index (κ1) is 15.0. The van der Waals surface area contributed by atoms with Gasteiger partial charge in [-0.2, -0.15) is 0 Å². The Kier molecular flexibility index (Phi) is 4.46. The van der Waals surface area contributed by atoms with Crippen LogP contribution in [0.1, 0.15) is 36.0 Å². The standard InChI is InChI=1S/C13H15FIN3O2/c14-8-3-4-9(10(15)7-8)11(19)17-13(12(16)18-20)5-1-2-6-13/h3-4,7,20H,1-2,5-6H2,(H2,16,18)(H,17,19). The van der Waals surface area contributed by atoms with Crippen molar-refractivity contribution in [3.05, 3.63) is 33.1 Å². The lowest BCUT2D eigenvalue weighted by molar-refractivity contribution is 0.0921. The Balaban J connectivity index is 2.25. The number of nitrogens with zero attached hydrogens (tertiary/aromatic N) is 1. The second-order valence-electron chi connectivity index (χ2n) is 4.85. The zero-order valence-corrected chi connectivity index (χ0v) is 12.9. The Morgan fingerprint density at radius 1 is 1.45 bits per heavy atom. The topological polar surface area (TPSA) is 87.7 Å². The highest BCUT2D eigenvalue weighted by Crippen LogP contribution is 2.30. The number of carbonyl (C=O) groups is 1. The first-order chi connectivity index (χ1) is 9.48. The van der Waals surface area contributed by atoms with E-state index in [-0.39, 0.29) is 11.7 Å². The second-order valence-corrected chi connectivity index (χ2v) is 6.01. The molecular weight excluding hydrogens is 376 g/mol. The minimum absolute atomic E-state index is 0.0143. The van der Waals surface area contributed by atoms with Crippen molar-refractivity contribution in [3.63, 3.8) is 0 Å². The summed E-state index contributed by atoms with van der Waals surface area (Å²) in [6.45, 7) is 0. The molecule has 20 heavy (non-hydrogen) atoms. The summed E-state index contributed by atoms with van der Waals surface area (Å²) >= 11 is 1.91. The van der Waals surface area contributed by atoms with Gasteiger partial charge < -0.3 is 16.3 Å². The zero-order chi connectivity index (χ0) is 14.8. The largest absolute Gasteiger partial charge is 0.409 e. The minimum atomic E-state index is -0.802. The third kappa shape index (κ3) is 2.87. The highest BCUT2D eigenvalue weighted by molar-refractivity contribution is 14.1. The maximum absolute atomic E-state index is 13.1. The van der Waals surface area contributed by atoms with Crippen molar-refractivity contribution in [2.45, 2.75) is 31.2 Å². The number of carbonyl (C=O) groups excluding carboxylic acids is 1. The van der Waals surface area contributed by atoms with Crippen molar-refractivity contribution in [3.8, 4) is 0 Å². The number of halogens is 2. The number of amidine groups is 1. The molecule has 0 radical (unpaired) electrons. The molecule has 0 spiro atoms. The Bertz CT molecular complexity index is 557. The molecule has 1 fully saturated rings. The molecule has 0 atom stereocenters. The molecule has 1 saturated carbocycles. The van der Waals surface area contributed by atoms with E-state index in [0.717, 1.165) is 12.8 Å². The average molecular weight is 391 g/mol. The van der Waals surface area contributed by atoms with Gasteiger partial charge in [0.25, 0.3) is 5.91 Å². The molecule has 1 amide bonds. The molecular formula is C13H15FIN3O2. The fourth-order valence-corrected chi connectivity index (χ4v) is 3.20. The van der Waals surface area contributed by atoms with E-state index in [1.165, 1.54) is 18.2 Å². The maximum atomic E-state index is 13.1. The van der Waals surface area contributed by atoms with Crippen molar-refractivity contribution in [1.29, 1.82) is 0 Å². The third-order valence-electron chi connectivity index (χ3n) is 3.58. The maximum Gasteiger partial charge on any atom is 0.253 e. The van der Waals surface area contributed by atoms with Crippen molar-refractivity contribution < 1.29 is 14.4 Å². The smallest absolute Gasteiger partial charge is 0.253 e. The monoisotopic (exact) mass is 391 g/mol. The molecule has 1 aliphatic carbocycles.